The predicted octanol–water partition coefficient (Wildman–Crippen LogP) is 6.68. The van der Waals surface area contributed by atoms with Gasteiger partial charge in [0, 0.05) is 11.3 Å². The van der Waals surface area contributed by atoms with Gasteiger partial charge in [0.1, 0.15) is 13.2 Å². The van der Waals surface area contributed by atoms with Gasteiger partial charge in [-0.1, -0.05) is 54.6 Å². The summed E-state index contributed by atoms with van der Waals surface area (Å²) in [5, 5.41) is 2.34. The molecule has 1 saturated heterocycles. The molecule has 0 unspecified atom stereocenters. The Hall–Kier alpha value is -4.30. The molecule has 7 nitrogen and oxygen atoms in total. The summed E-state index contributed by atoms with van der Waals surface area (Å²) in [4.78, 5) is 39.8. The topological polar surface area (TPSA) is 84.9 Å². The molecule has 0 atom stereocenters. The molecular weight excluding hydrogens is 524 g/mol. The lowest BCUT2D eigenvalue weighted by Gasteiger charge is -2.17. The van der Waals surface area contributed by atoms with Gasteiger partial charge in [-0.05, 0) is 79.4 Å². The average Bonchev–Trinajstić information content (AvgIpc) is 3.18. The quantitative estimate of drug-likeness (QED) is 0.209. The molecule has 1 heterocycles. The van der Waals surface area contributed by atoms with Gasteiger partial charge in [0.2, 0.25) is 5.91 Å². The van der Waals surface area contributed by atoms with E-state index in [0.29, 0.717) is 42.4 Å². The normalized spacial score (nSPS) is 14.0. The zero-order valence-electron chi connectivity index (χ0n) is 22.9. The van der Waals surface area contributed by atoms with Crippen molar-refractivity contribution in [3.8, 4) is 11.5 Å². The van der Waals surface area contributed by atoms with E-state index in [9.17, 15) is 14.4 Å². The lowest BCUT2D eigenvalue weighted by Crippen LogP contribution is -2.36. The molecule has 0 aliphatic carbocycles. The van der Waals surface area contributed by atoms with Crippen LogP contribution in [0.25, 0.3) is 6.08 Å². The van der Waals surface area contributed by atoms with Crippen molar-refractivity contribution in [3.63, 3.8) is 0 Å². The van der Waals surface area contributed by atoms with Crippen molar-refractivity contribution in [1.29, 1.82) is 0 Å². The van der Waals surface area contributed by atoms with Gasteiger partial charge in [-0.2, -0.15) is 0 Å². The van der Waals surface area contributed by atoms with Gasteiger partial charge < -0.3 is 14.8 Å². The number of nitrogens with one attached hydrogen (secondary N) is 1. The molecule has 0 radical (unpaired) electrons. The second kappa shape index (κ2) is 13.2. The minimum Gasteiger partial charge on any atom is -0.490 e. The summed E-state index contributed by atoms with van der Waals surface area (Å²) in [5.74, 6) is 0.197. The molecule has 1 aliphatic heterocycles. The molecule has 0 spiro atoms. The van der Waals surface area contributed by atoms with Crippen molar-refractivity contribution in [2.45, 2.75) is 33.8 Å². The van der Waals surface area contributed by atoms with Crippen molar-refractivity contribution in [2.75, 3.05) is 18.5 Å². The first-order valence-corrected chi connectivity index (χ1v) is 13.8. The summed E-state index contributed by atoms with van der Waals surface area (Å²) in [6.45, 7) is 9.95. The highest BCUT2D eigenvalue weighted by molar-refractivity contribution is 8.18. The number of nitrogens with zero attached hydrogens (tertiary/aromatic N) is 1. The number of aryl methyl sites for hydroxylation is 2. The molecule has 8 heteroatoms. The van der Waals surface area contributed by atoms with E-state index in [1.54, 1.807) is 18.2 Å². The summed E-state index contributed by atoms with van der Waals surface area (Å²) >= 11 is 0.808. The zero-order valence-corrected chi connectivity index (χ0v) is 23.7. The predicted molar refractivity (Wildman–Crippen MR) is 160 cm³/mol. The maximum absolute atomic E-state index is 13.2. The summed E-state index contributed by atoms with van der Waals surface area (Å²) in [6.07, 6.45) is 3.93. The van der Waals surface area contributed by atoms with Crippen molar-refractivity contribution >= 4 is 40.6 Å². The fourth-order valence-electron chi connectivity index (χ4n) is 4.35. The molecule has 3 aromatic rings. The number of thioether (sulfide) groups is 1. The molecule has 40 heavy (non-hydrogen) atoms. The molecule has 0 bridgehead atoms. The van der Waals surface area contributed by atoms with Crippen LogP contribution in [0.3, 0.4) is 0 Å². The number of anilines is 1. The van der Waals surface area contributed by atoms with Crippen LogP contribution < -0.4 is 14.8 Å². The smallest absolute Gasteiger partial charge is 0.294 e. The minimum absolute atomic E-state index is 0.231. The summed E-state index contributed by atoms with van der Waals surface area (Å²) in [6, 6.07) is 19.2. The standard InChI is InChI=1S/C32H32N2O5S/c1-5-11-25-16-24(17-26(38-6-2)30(25)39-20-23-14-8-7-9-15-23)18-27-31(36)34(32(37)40-27)19-28(35)33-29-21(3)12-10-13-22(29)4/h5,7-10,12-18H,1,6,11,19-20H2,2-4H3,(H,33,35)/b27-18-. The number of allylic oxidation sites excluding steroid dienone is 1. The number of carbonyl (C=O) groups excluding carboxylic acids is 3. The summed E-state index contributed by atoms with van der Waals surface area (Å²) < 4.78 is 12.1. The number of hydrogen-bond donors (Lipinski definition) is 1. The Bertz CT molecular complexity index is 1450. The first kappa shape index (κ1) is 28.7. The van der Waals surface area contributed by atoms with Crippen LogP contribution in [0, 0.1) is 13.8 Å². The molecule has 1 N–H and O–H groups in total. The van der Waals surface area contributed by atoms with Crippen molar-refractivity contribution in [2.24, 2.45) is 0 Å². The van der Waals surface area contributed by atoms with E-state index in [4.69, 9.17) is 9.47 Å². The van der Waals surface area contributed by atoms with Crippen molar-refractivity contribution in [3.05, 3.63) is 106 Å². The van der Waals surface area contributed by atoms with Crippen LogP contribution in [0.1, 0.15) is 34.7 Å². The second-order valence-corrected chi connectivity index (χ2v) is 10.3. The van der Waals surface area contributed by atoms with Crippen LogP contribution in [0.5, 0.6) is 11.5 Å². The average molecular weight is 557 g/mol. The van der Waals surface area contributed by atoms with E-state index >= 15 is 0 Å². The fraction of sp³-hybridized carbons (Fsp3) is 0.219. The monoisotopic (exact) mass is 556 g/mol. The van der Waals surface area contributed by atoms with Crippen LogP contribution in [-0.2, 0) is 22.6 Å². The van der Waals surface area contributed by atoms with Gasteiger partial charge in [-0.3, -0.25) is 19.3 Å². The Morgan fingerprint density at radius 2 is 1.75 bits per heavy atom. The van der Waals surface area contributed by atoms with Gasteiger partial charge in [-0.15, -0.1) is 6.58 Å². The molecule has 3 aromatic carbocycles. The van der Waals surface area contributed by atoms with E-state index < -0.39 is 17.1 Å². The van der Waals surface area contributed by atoms with Crippen LogP contribution >= 0.6 is 11.8 Å². The Labute approximate surface area is 238 Å². The summed E-state index contributed by atoms with van der Waals surface area (Å²) in [7, 11) is 0. The Kier molecular flexibility index (Phi) is 9.45. The van der Waals surface area contributed by atoms with E-state index in [-0.39, 0.29) is 11.4 Å². The fourth-order valence-corrected chi connectivity index (χ4v) is 5.19. The Morgan fingerprint density at radius 1 is 1.02 bits per heavy atom. The van der Waals surface area contributed by atoms with Gasteiger partial charge in [0.15, 0.2) is 11.5 Å². The van der Waals surface area contributed by atoms with Crippen LogP contribution in [-0.4, -0.2) is 35.1 Å². The van der Waals surface area contributed by atoms with E-state index in [0.717, 1.165) is 38.9 Å². The first-order valence-electron chi connectivity index (χ1n) is 13.0. The number of rotatable bonds is 11. The van der Waals surface area contributed by atoms with Crippen LogP contribution in [0.15, 0.2) is 78.2 Å². The number of ether oxygens (including phenoxy) is 2. The summed E-state index contributed by atoms with van der Waals surface area (Å²) in [5.41, 5.74) is 5.03. The maximum Gasteiger partial charge on any atom is 0.294 e. The van der Waals surface area contributed by atoms with Gasteiger partial charge in [-0.25, -0.2) is 0 Å². The van der Waals surface area contributed by atoms with Crippen molar-refractivity contribution < 1.29 is 23.9 Å². The third kappa shape index (κ3) is 6.82. The third-order valence-corrected chi connectivity index (χ3v) is 7.17. The van der Waals surface area contributed by atoms with Gasteiger partial charge >= 0.3 is 0 Å². The minimum atomic E-state index is -0.515. The van der Waals surface area contributed by atoms with E-state index in [1.165, 1.54) is 0 Å². The molecule has 4 rings (SSSR count). The molecule has 0 saturated carbocycles. The van der Waals surface area contributed by atoms with E-state index in [1.807, 2.05) is 75.4 Å². The van der Waals surface area contributed by atoms with E-state index in [2.05, 4.69) is 11.9 Å². The number of imide groups is 1. The lowest BCUT2D eigenvalue weighted by atomic mass is 10.0. The third-order valence-electron chi connectivity index (χ3n) is 6.26. The first-order chi connectivity index (χ1) is 19.3. The molecule has 1 aliphatic rings. The Balaban J connectivity index is 1.55. The number of carbonyl (C=O) groups is 3. The number of hydrogen-bond acceptors (Lipinski definition) is 6. The highest BCUT2D eigenvalue weighted by atomic mass is 32.2. The Morgan fingerprint density at radius 3 is 2.42 bits per heavy atom. The van der Waals surface area contributed by atoms with Crippen molar-refractivity contribution in [1.82, 2.24) is 4.90 Å². The number of benzene rings is 3. The molecule has 0 aromatic heterocycles. The lowest BCUT2D eigenvalue weighted by molar-refractivity contribution is -0.127. The highest BCUT2D eigenvalue weighted by Crippen LogP contribution is 2.38. The highest BCUT2D eigenvalue weighted by Gasteiger charge is 2.36. The SMILES string of the molecule is C=CCc1cc(/C=C2\SC(=O)N(CC(=O)Nc3c(C)cccc3C)C2=O)cc(OCC)c1OCc1ccccc1. The van der Waals surface area contributed by atoms with Crippen LogP contribution in [0.4, 0.5) is 10.5 Å². The number of amides is 3. The maximum atomic E-state index is 13.2. The molecule has 206 valence electrons. The van der Waals surface area contributed by atoms with Gasteiger partial charge in [0.25, 0.3) is 11.1 Å². The molecule has 1 fully saturated rings. The second-order valence-electron chi connectivity index (χ2n) is 9.29. The van der Waals surface area contributed by atoms with Gasteiger partial charge in [0.05, 0.1) is 11.5 Å². The largest absolute Gasteiger partial charge is 0.490 e. The number of para-hydroxylation sites is 1. The molecule has 3 amide bonds. The van der Waals surface area contributed by atoms with Crippen LogP contribution in [0.2, 0.25) is 0 Å². The zero-order chi connectivity index (χ0) is 28.6. The molecular formula is C32H32N2O5S.